The maximum absolute atomic E-state index is 2.23. The van der Waals surface area contributed by atoms with Gasteiger partial charge >= 0.3 is 0 Å². The fraction of sp³-hybridized carbons (Fsp3) is 0.250. The molecule has 0 atom stereocenters. The first-order chi connectivity index (χ1) is 12.4. The molecule has 2 heteroatoms. The van der Waals surface area contributed by atoms with Gasteiger partial charge in [0.2, 0.25) is 0 Å². The molecule has 0 spiro atoms. The molecule has 26 heavy (non-hydrogen) atoms. The van der Waals surface area contributed by atoms with Gasteiger partial charge in [-0.2, -0.15) is 0 Å². The Morgan fingerprint density at radius 2 is 0.769 bits per heavy atom. The summed E-state index contributed by atoms with van der Waals surface area (Å²) < 4.78 is 0. The molecule has 0 saturated heterocycles. The molecular weight excluding hydrogens is 399 g/mol. The SMILES string of the molecule is Br.CCCCCC.c1ccc(P(c2ccccc2)c2ccccc2)cc1. The summed E-state index contributed by atoms with van der Waals surface area (Å²) in [5.74, 6) is 0. The van der Waals surface area contributed by atoms with Crippen molar-refractivity contribution in [3.8, 4) is 0 Å². The van der Waals surface area contributed by atoms with Crippen LogP contribution in [0.15, 0.2) is 91.0 Å². The minimum Gasteiger partial charge on any atom is -0.114 e. The monoisotopic (exact) mass is 428 g/mol. The summed E-state index contributed by atoms with van der Waals surface area (Å²) in [5.41, 5.74) is 0. The average molecular weight is 429 g/mol. The fourth-order valence-electron chi connectivity index (χ4n) is 2.68. The summed E-state index contributed by atoms with van der Waals surface area (Å²) in [6.45, 7) is 4.46. The second kappa shape index (κ2) is 13.7. The van der Waals surface area contributed by atoms with Gasteiger partial charge in [-0.3, -0.25) is 0 Å². The first kappa shape index (κ1) is 22.6. The molecule has 0 heterocycles. The zero-order valence-electron chi connectivity index (χ0n) is 15.8. The van der Waals surface area contributed by atoms with Crippen molar-refractivity contribution in [2.45, 2.75) is 39.5 Å². The van der Waals surface area contributed by atoms with E-state index in [1.165, 1.54) is 41.6 Å². The molecule has 0 nitrogen and oxygen atoms in total. The second-order valence-corrected chi connectivity index (χ2v) is 8.27. The van der Waals surface area contributed by atoms with Crippen molar-refractivity contribution in [1.29, 1.82) is 0 Å². The summed E-state index contributed by atoms with van der Waals surface area (Å²) in [7, 11) is -0.446. The second-order valence-electron chi connectivity index (χ2n) is 6.05. The minimum atomic E-state index is -0.446. The Kier molecular flexibility index (Phi) is 11.9. The van der Waals surface area contributed by atoms with E-state index in [9.17, 15) is 0 Å². The van der Waals surface area contributed by atoms with E-state index >= 15 is 0 Å². The van der Waals surface area contributed by atoms with Gasteiger partial charge in [0, 0.05) is 0 Å². The van der Waals surface area contributed by atoms with Gasteiger partial charge in [-0.05, 0) is 23.8 Å². The Balaban J connectivity index is 0.000000422. The maximum atomic E-state index is 2.23. The predicted octanol–water partition coefficient (Wildman–Crippen LogP) is 6.61. The smallest absolute Gasteiger partial charge is 0.0134 e. The van der Waals surface area contributed by atoms with Crippen LogP contribution in [0.25, 0.3) is 0 Å². The number of hydrogen-bond acceptors (Lipinski definition) is 0. The van der Waals surface area contributed by atoms with E-state index in [1.54, 1.807) is 0 Å². The maximum Gasteiger partial charge on any atom is -0.0134 e. The number of benzene rings is 3. The lowest BCUT2D eigenvalue weighted by Gasteiger charge is -2.18. The summed E-state index contributed by atoms with van der Waals surface area (Å²) in [4.78, 5) is 0. The highest BCUT2D eigenvalue weighted by Gasteiger charge is 2.14. The van der Waals surface area contributed by atoms with Crippen LogP contribution in [0.1, 0.15) is 39.5 Å². The van der Waals surface area contributed by atoms with Crippen LogP contribution < -0.4 is 15.9 Å². The van der Waals surface area contributed by atoms with Gasteiger partial charge in [0.25, 0.3) is 0 Å². The third kappa shape index (κ3) is 7.44. The summed E-state index contributed by atoms with van der Waals surface area (Å²) in [6.07, 6.45) is 5.54. The summed E-state index contributed by atoms with van der Waals surface area (Å²) in [6, 6.07) is 32.3. The minimum absolute atomic E-state index is 0. The Morgan fingerprint density at radius 3 is 1.00 bits per heavy atom. The highest BCUT2D eigenvalue weighted by atomic mass is 79.9. The van der Waals surface area contributed by atoms with Crippen molar-refractivity contribution in [2.75, 3.05) is 0 Å². The van der Waals surface area contributed by atoms with Crippen molar-refractivity contribution in [3.63, 3.8) is 0 Å². The molecule has 0 aliphatic rings. The average Bonchev–Trinajstić information content (AvgIpc) is 2.70. The predicted molar refractivity (Wildman–Crippen MR) is 125 cm³/mol. The Bertz CT molecular complexity index is 585. The molecule has 0 unspecified atom stereocenters. The van der Waals surface area contributed by atoms with Crippen molar-refractivity contribution < 1.29 is 0 Å². The van der Waals surface area contributed by atoms with Gasteiger partial charge in [0.15, 0.2) is 0 Å². The van der Waals surface area contributed by atoms with Crippen LogP contribution >= 0.6 is 24.9 Å². The lowest BCUT2D eigenvalue weighted by Crippen LogP contribution is -2.20. The van der Waals surface area contributed by atoms with Gasteiger partial charge in [0.1, 0.15) is 0 Å². The van der Waals surface area contributed by atoms with Gasteiger partial charge in [0.05, 0.1) is 0 Å². The van der Waals surface area contributed by atoms with Crippen LogP contribution in [0.4, 0.5) is 0 Å². The zero-order valence-corrected chi connectivity index (χ0v) is 18.5. The van der Waals surface area contributed by atoms with Crippen LogP contribution in [0.5, 0.6) is 0 Å². The van der Waals surface area contributed by atoms with E-state index in [1.807, 2.05) is 0 Å². The van der Waals surface area contributed by atoms with Crippen LogP contribution in [0, 0.1) is 0 Å². The topological polar surface area (TPSA) is 0 Å². The molecule has 3 rings (SSSR count). The molecule has 0 amide bonds. The summed E-state index contributed by atoms with van der Waals surface area (Å²) >= 11 is 0. The van der Waals surface area contributed by atoms with E-state index in [0.717, 1.165) is 0 Å². The third-order valence-electron chi connectivity index (χ3n) is 4.00. The van der Waals surface area contributed by atoms with Gasteiger partial charge in [-0.15, -0.1) is 17.0 Å². The highest BCUT2D eigenvalue weighted by Crippen LogP contribution is 2.32. The quantitative estimate of drug-likeness (QED) is 0.306. The standard InChI is InChI=1S/C18H15P.C6H14.BrH/c1-4-10-16(11-5-1)19(17-12-6-2-7-13-17)18-14-8-3-9-15-18;1-3-5-6-4-2;/h1-15H;3-6H2,1-2H3;1H. The highest BCUT2D eigenvalue weighted by molar-refractivity contribution is 8.93. The molecule has 0 aromatic heterocycles. The van der Waals surface area contributed by atoms with Crippen molar-refractivity contribution in [1.82, 2.24) is 0 Å². The molecule has 3 aromatic rings. The molecule has 0 aliphatic heterocycles. The molecule has 0 fully saturated rings. The van der Waals surface area contributed by atoms with E-state index in [-0.39, 0.29) is 17.0 Å². The molecule has 0 radical (unpaired) electrons. The van der Waals surface area contributed by atoms with Crippen LogP contribution in [0.3, 0.4) is 0 Å². The molecule has 3 aromatic carbocycles. The van der Waals surface area contributed by atoms with Crippen LogP contribution in [-0.4, -0.2) is 0 Å². The Hall–Kier alpha value is -1.43. The Morgan fingerprint density at radius 1 is 0.500 bits per heavy atom. The van der Waals surface area contributed by atoms with E-state index in [2.05, 4.69) is 105 Å². The first-order valence-electron chi connectivity index (χ1n) is 9.32. The van der Waals surface area contributed by atoms with Gasteiger partial charge < -0.3 is 0 Å². The molecule has 0 bridgehead atoms. The molecule has 138 valence electrons. The number of unbranched alkanes of at least 4 members (excludes halogenated alkanes) is 3. The van der Waals surface area contributed by atoms with Crippen molar-refractivity contribution >= 4 is 40.8 Å². The molecule has 0 saturated carbocycles. The van der Waals surface area contributed by atoms with E-state index in [4.69, 9.17) is 0 Å². The van der Waals surface area contributed by atoms with E-state index in [0.29, 0.717) is 0 Å². The fourth-order valence-corrected chi connectivity index (χ4v) is 4.98. The number of rotatable bonds is 6. The molecular formula is C24H30BrP. The first-order valence-corrected chi connectivity index (χ1v) is 10.7. The van der Waals surface area contributed by atoms with Crippen molar-refractivity contribution in [2.24, 2.45) is 0 Å². The lowest BCUT2D eigenvalue weighted by molar-refractivity contribution is 0.702. The number of halogens is 1. The van der Waals surface area contributed by atoms with Gasteiger partial charge in [-0.1, -0.05) is 131 Å². The largest absolute Gasteiger partial charge is 0.114 e. The van der Waals surface area contributed by atoms with Crippen LogP contribution in [0.2, 0.25) is 0 Å². The zero-order chi connectivity index (χ0) is 17.7. The normalized spacial score (nSPS) is 9.81. The molecule has 0 aliphatic carbocycles. The number of hydrogen-bond donors (Lipinski definition) is 0. The third-order valence-corrected chi connectivity index (χ3v) is 6.44. The lowest BCUT2D eigenvalue weighted by atomic mass is 10.2. The van der Waals surface area contributed by atoms with Crippen molar-refractivity contribution in [3.05, 3.63) is 91.0 Å². The van der Waals surface area contributed by atoms with E-state index < -0.39 is 7.92 Å². The Labute approximate surface area is 171 Å². The summed E-state index contributed by atoms with van der Waals surface area (Å²) in [5, 5.41) is 4.19. The van der Waals surface area contributed by atoms with Gasteiger partial charge in [-0.25, -0.2) is 0 Å². The molecule has 0 N–H and O–H groups in total. The van der Waals surface area contributed by atoms with Crippen LogP contribution in [-0.2, 0) is 0 Å².